The molecule has 2 saturated heterocycles. The number of ether oxygens (including phenoxy) is 5. The molecule has 2 fully saturated rings. The first kappa shape index (κ1) is 46.2. The van der Waals surface area contributed by atoms with E-state index in [0.717, 1.165) is 16.7 Å². The number of carbonyl (C=O) groups excluding carboxylic acids is 1. The highest BCUT2D eigenvalue weighted by molar-refractivity contribution is 7.51. The lowest BCUT2D eigenvalue weighted by atomic mass is 9.80. The second kappa shape index (κ2) is 19.9. The molecular weight excluding hydrogens is 834 g/mol. The van der Waals surface area contributed by atoms with Crippen molar-refractivity contribution in [3.8, 4) is 23.3 Å². The zero-order valence-corrected chi connectivity index (χ0v) is 38.2. The summed E-state index contributed by atoms with van der Waals surface area (Å²) in [4.78, 5) is 45.6. The average molecular weight is 890 g/mol. The number of nitrogens with zero attached hydrogens (tertiary/aromatic N) is 4. The van der Waals surface area contributed by atoms with E-state index in [9.17, 15) is 19.6 Å². The van der Waals surface area contributed by atoms with Gasteiger partial charge in [0.1, 0.15) is 31.1 Å². The summed E-state index contributed by atoms with van der Waals surface area (Å²) in [6.07, 6.45) is 0.803. The van der Waals surface area contributed by atoms with Gasteiger partial charge in [0.15, 0.2) is 12.3 Å². The number of carbonyl (C=O) groups is 1. The van der Waals surface area contributed by atoms with E-state index in [1.807, 2.05) is 97.1 Å². The van der Waals surface area contributed by atoms with E-state index in [-0.39, 0.29) is 50.8 Å². The highest BCUT2D eigenvalue weighted by atomic mass is 31.2. The molecule has 1 unspecified atom stereocenters. The van der Waals surface area contributed by atoms with E-state index in [0.29, 0.717) is 22.8 Å². The smallest absolute Gasteiger partial charge is 0.330 e. The molecule has 336 valence electrons. The van der Waals surface area contributed by atoms with Crippen molar-refractivity contribution < 1.29 is 33.0 Å². The average Bonchev–Trinajstić information content (AvgIpc) is 3.54. The Bertz CT molecular complexity index is 2460. The lowest BCUT2D eigenvalue weighted by Gasteiger charge is -2.55. The van der Waals surface area contributed by atoms with Crippen LogP contribution in [0.25, 0.3) is 0 Å². The Kier molecular flexibility index (Phi) is 14.4. The van der Waals surface area contributed by atoms with E-state index in [1.165, 1.54) is 10.8 Å². The number of aromatic nitrogens is 2. The maximum absolute atomic E-state index is 14.5. The number of nitriles is 1. The summed E-state index contributed by atoms with van der Waals surface area (Å²) in [7, 11) is 1.51. The van der Waals surface area contributed by atoms with Crippen molar-refractivity contribution in [1.29, 1.82) is 5.26 Å². The lowest BCUT2D eigenvalue weighted by molar-refractivity contribution is -0.216. The number of hydrogen-bond donors (Lipinski definition) is 1. The number of fused-ring (bicyclic) bond motifs is 1. The molecule has 0 radical (unpaired) electrons. The standard InChI is InChI=1S/C49H56N5O9P/c1-33(2)54(34(3)4)64(62-28-14-27-50)44-42(30-61-49(36-15-10-8-11-16-36,37-19-23-39(58-6)24-20-37)38-21-25-40(59-7)26-22-38)63-48(53-29-35(5)46(56)51-47(53)57)32-52(45(44)48)43(55)31-60-41-17-12-9-13-18-41/h8-13,15-26,29,33-34,42,44-45H,14,28,30-32H2,1-7H3,(H,51,56,57)/t42-,44-,45+,48-,64?/m1/s1. The molecule has 3 heterocycles. The molecule has 64 heavy (non-hydrogen) atoms. The summed E-state index contributed by atoms with van der Waals surface area (Å²) in [6.45, 7) is 9.71. The van der Waals surface area contributed by atoms with E-state index in [1.54, 1.807) is 38.2 Å². The Labute approximate surface area is 375 Å². The summed E-state index contributed by atoms with van der Waals surface area (Å²) in [5.74, 6) is 1.55. The van der Waals surface area contributed by atoms with E-state index < -0.39 is 48.7 Å². The fraction of sp³-hybridized carbons (Fsp3) is 0.388. The van der Waals surface area contributed by atoms with Crippen molar-refractivity contribution in [2.75, 3.05) is 40.6 Å². The van der Waals surface area contributed by atoms with Gasteiger partial charge in [-0.1, -0.05) is 72.8 Å². The van der Waals surface area contributed by atoms with Crippen molar-refractivity contribution in [1.82, 2.24) is 19.1 Å². The van der Waals surface area contributed by atoms with Crippen molar-refractivity contribution in [3.05, 3.63) is 158 Å². The predicted molar refractivity (Wildman–Crippen MR) is 244 cm³/mol. The van der Waals surface area contributed by atoms with Crippen molar-refractivity contribution >= 4 is 14.2 Å². The van der Waals surface area contributed by atoms with Crippen LogP contribution < -0.4 is 25.5 Å². The van der Waals surface area contributed by atoms with Crippen molar-refractivity contribution in [3.63, 3.8) is 0 Å². The summed E-state index contributed by atoms with van der Waals surface area (Å²) in [5.41, 5.74) is -1.80. The summed E-state index contributed by atoms with van der Waals surface area (Å²) >= 11 is 0. The maximum Gasteiger partial charge on any atom is 0.330 e. The van der Waals surface area contributed by atoms with Gasteiger partial charge in [-0.2, -0.15) is 5.26 Å². The van der Waals surface area contributed by atoms with Crippen LogP contribution in [-0.4, -0.2) is 95.5 Å². The number of nitrogens with one attached hydrogen (secondary N) is 1. The summed E-state index contributed by atoms with van der Waals surface area (Å²) in [6, 6.07) is 35.7. The molecule has 2 aliphatic rings. The number of aromatic amines is 1. The Hall–Kier alpha value is -5.81. The van der Waals surface area contributed by atoms with Crippen LogP contribution in [0.4, 0.5) is 0 Å². The van der Waals surface area contributed by atoms with Gasteiger partial charge in [0.2, 0.25) is 0 Å². The van der Waals surface area contributed by atoms with Gasteiger partial charge in [-0.05, 0) is 87.7 Å². The number of amides is 1. The third-order valence-corrected chi connectivity index (χ3v) is 14.8. The molecule has 0 bridgehead atoms. The number of aryl methyl sites for hydroxylation is 1. The molecule has 2 aliphatic heterocycles. The zero-order chi connectivity index (χ0) is 45.6. The minimum absolute atomic E-state index is 0.0292. The third kappa shape index (κ3) is 8.96. The largest absolute Gasteiger partial charge is 0.497 e. The third-order valence-electron chi connectivity index (χ3n) is 11.8. The van der Waals surface area contributed by atoms with Crippen LogP contribution in [0, 0.1) is 18.3 Å². The first-order chi connectivity index (χ1) is 30.9. The van der Waals surface area contributed by atoms with Crippen molar-refractivity contribution in [2.45, 2.75) is 82.3 Å². The highest BCUT2D eigenvalue weighted by Gasteiger charge is 2.70. The van der Waals surface area contributed by atoms with Crippen LogP contribution in [0.1, 0.15) is 56.4 Å². The number of likely N-dealkylation sites (tertiary alicyclic amines) is 1. The number of methoxy groups -OCH3 is 2. The lowest BCUT2D eigenvalue weighted by Crippen LogP contribution is -2.74. The minimum Gasteiger partial charge on any atom is -0.497 e. The second-order valence-corrected chi connectivity index (χ2v) is 18.3. The summed E-state index contributed by atoms with van der Waals surface area (Å²) < 4.78 is 42.6. The quantitative estimate of drug-likeness (QED) is 0.0521. The van der Waals surface area contributed by atoms with Gasteiger partial charge in [0, 0.05) is 23.8 Å². The van der Waals surface area contributed by atoms with Crippen LogP contribution in [0.5, 0.6) is 17.2 Å². The molecule has 0 saturated carbocycles. The molecular formula is C49H56N5O9P. The fourth-order valence-electron chi connectivity index (χ4n) is 8.99. The number of para-hydroxylation sites is 1. The van der Waals surface area contributed by atoms with Crippen LogP contribution in [0.2, 0.25) is 0 Å². The molecule has 1 aromatic heterocycles. The fourth-order valence-corrected chi connectivity index (χ4v) is 11.9. The number of rotatable bonds is 19. The Morgan fingerprint density at radius 3 is 1.98 bits per heavy atom. The number of hydrogen-bond acceptors (Lipinski definition) is 11. The molecule has 15 heteroatoms. The Morgan fingerprint density at radius 1 is 0.875 bits per heavy atom. The van der Waals surface area contributed by atoms with E-state index >= 15 is 0 Å². The second-order valence-electron chi connectivity index (χ2n) is 16.4. The molecule has 5 aromatic rings. The first-order valence-electron chi connectivity index (χ1n) is 21.4. The van der Waals surface area contributed by atoms with Crippen LogP contribution >= 0.6 is 8.30 Å². The van der Waals surface area contributed by atoms with Gasteiger partial charge in [-0.15, -0.1) is 0 Å². The molecule has 7 rings (SSSR count). The molecule has 1 N–H and O–H groups in total. The monoisotopic (exact) mass is 889 g/mol. The number of benzene rings is 4. The first-order valence-corrected chi connectivity index (χ1v) is 22.7. The highest BCUT2D eigenvalue weighted by Crippen LogP contribution is 2.62. The molecule has 0 aliphatic carbocycles. The van der Waals surface area contributed by atoms with Crippen molar-refractivity contribution in [2.24, 2.45) is 0 Å². The van der Waals surface area contributed by atoms with Gasteiger partial charge in [-0.3, -0.25) is 23.8 Å². The zero-order valence-electron chi connectivity index (χ0n) is 37.3. The SMILES string of the molecule is COc1ccc(C(OC[C@H]2O[C@]3(n4cc(C)c(=O)[nH]c4=O)CN(C(=O)COc4ccccc4)[C@H]3[C@@H]2P(OCCC#N)N(C(C)C)C(C)C)(c2ccccc2)c2ccc(OC)cc2)cc1. The topological polar surface area (TPSA) is 158 Å². The van der Waals surface area contributed by atoms with Gasteiger partial charge < -0.3 is 33.1 Å². The normalized spacial score (nSPS) is 19.8. The molecule has 1 amide bonds. The van der Waals surface area contributed by atoms with E-state index in [2.05, 4.69) is 43.4 Å². The Balaban J connectivity index is 1.42. The molecule has 4 aromatic carbocycles. The number of H-pyrrole nitrogens is 1. The molecule has 5 atom stereocenters. The maximum atomic E-state index is 14.5. The predicted octanol–water partition coefficient (Wildman–Crippen LogP) is 6.94. The van der Waals surface area contributed by atoms with E-state index in [4.69, 9.17) is 28.2 Å². The van der Waals surface area contributed by atoms with Gasteiger partial charge in [0.25, 0.3) is 11.5 Å². The van der Waals surface area contributed by atoms with Gasteiger partial charge in [0.05, 0.1) is 64.3 Å². The van der Waals surface area contributed by atoms with Crippen LogP contribution in [0.3, 0.4) is 0 Å². The molecule has 14 nitrogen and oxygen atoms in total. The van der Waals surface area contributed by atoms with Crippen LogP contribution in [0.15, 0.2) is 125 Å². The Morgan fingerprint density at radius 2 is 1.44 bits per heavy atom. The minimum atomic E-state index is -1.72. The van der Waals surface area contributed by atoms with Gasteiger partial charge >= 0.3 is 5.69 Å². The molecule has 0 spiro atoms. The summed E-state index contributed by atoms with van der Waals surface area (Å²) in [5, 5.41) is 9.73. The van der Waals surface area contributed by atoms with Gasteiger partial charge in [-0.25, -0.2) is 4.79 Å². The van der Waals surface area contributed by atoms with Crippen LogP contribution in [-0.2, 0) is 30.1 Å².